The van der Waals surface area contributed by atoms with Gasteiger partial charge in [0.25, 0.3) is 0 Å². The third-order valence-electron chi connectivity index (χ3n) is 1.31. The summed E-state index contributed by atoms with van der Waals surface area (Å²) in [6, 6.07) is 3.22. The zero-order chi connectivity index (χ0) is 10.4. The van der Waals surface area contributed by atoms with Gasteiger partial charge in [0, 0.05) is 12.3 Å². The van der Waals surface area contributed by atoms with Crippen LogP contribution in [0.2, 0.25) is 0 Å². The van der Waals surface area contributed by atoms with E-state index in [9.17, 15) is 4.79 Å². The highest BCUT2D eigenvalue weighted by Crippen LogP contribution is 2.14. The Morgan fingerprint density at radius 3 is 3.14 bits per heavy atom. The number of nitrogens with zero attached hydrogens (tertiary/aromatic N) is 1. The third kappa shape index (κ3) is 3.14. The quantitative estimate of drug-likeness (QED) is 0.594. The van der Waals surface area contributed by atoms with Gasteiger partial charge in [-0.1, -0.05) is 12.8 Å². The molecule has 0 spiro atoms. The van der Waals surface area contributed by atoms with E-state index in [0.717, 1.165) is 0 Å². The van der Waals surface area contributed by atoms with Crippen molar-refractivity contribution in [2.45, 2.75) is 6.92 Å². The molecule has 1 aromatic heterocycles. The first-order valence-corrected chi connectivity index (χ1v) is 4.41. The molecule has 5 nitrogen and oxygen atoms in total. The lowest BCUT2D eigenvalue weighted by Gasteiger charge is -2.04. The minimum Gasteiger partial charge on any atom is -0.434 e. The summed E-state index contributed by atoms with van der Waals surface area (Å²) in [4.78, 5) is 14.7. The normalized spacial score (nSPS) is 9.29. The van der Waals surface area contributed by atoms with Gasteiger partial charge in [-0.15, -0.1) is 0 Å². The van der Waals surface area contributed by atoms with Gasteiger partial charge in [-0.3, -0.25) is 0 Å². The van der Waals surface area contributed by atoms with Crippen LogP contribution in [-0.2, 0) is 4.74 Å². The molecule has 6 heteroatoms. The van der Waals surface area contributed by atoms with Crippen LogP contribution in [0.3, 0.4) is 0 Å². The lowest BCUT2D eigenvalue weighted by Crippen LogP contribution is -2.10. The van der Waals surface area contributed by atoms with Crippen LogP contribution in [0.25, 0.3) is 0 Å². The molecule has 0 aliphatic rings. The molecular formula is C8H10N2O3S. The number of hydrogen-bond acceptors (Lipinski definition) is 6. The van der Waals surface area contributed by atoms with Gasteiger partial charge >= 0.3 is 6.16 Å². The van der Waals surface area contributed by atoms with Crippen molar-refractivity contribution in [3.05, 3.63) is 18.3 Å². The predicted molar refractivity (Wildman–Crippen MR) is 54.5 cm³/mol. The Morgan fingerprint density at radius 2 is 2.50 bits per heavy atom. The molecule has 0 radical (unpaired) electrons. The maximum atomic E-state index is 10.9. The highest BCUT2D eigenvalue weighted by molar-refractivity contribution is 7.81. The summed E-state index contributed by atoms with van der Waals surface area (Å²) in [5.41, 5.74) is 0.683. The number of ether oxygens (including phenoxy) is 2. The fourth-order valence-electron chi connectivity index (χ4n) is 0.767. The SMILES string of the molecule is CCOC(=O)Oc1cc(NS)ccn1. The van der Waals surface area contributed by atoms with Crippen LogP contribution >= 0.6 is 12.8 Å². The van der Waals surface area contributed by atoms with Crippen molar-refractivity contribution in [3.63, 3.8) is 0 Å². The van der Waals surface area contributed by atoms with E-state index in [1.807, 2.05) is 0 Å². The van der Waals surface area contributed by atoms with E-state index < -0.39 is 6.16 Å². The molecule has 0 atom stereocenters. The van der Waals surface area contributed by atoms with Crippen molar-refractivity contribution < 1.29 is 14.3 Å². The zero-order valence-corrected chi connectivity index (χ0v) is 8.45. The molecule has 76 valence electrons. The summed E-state index contributed by atoms with van der Waals surface area (Å²) in [5.74, 6) is 0.169. The second kappa shape index (κ2) is 5.33. The largest absolute Gasteiger partial charge is 0.515 e. The average Bonchev–Trinajstić information content (AvgIpc) is 2.18. The molecule has 0 saturated carbocycles. The molecule has 0 amide bonds. The van der Waals surface area contributed by atoms with E-state index in [2.05, 4.69) is 27.3 Å². The predicted octanol–water partition coefficient (Wildman–Crippen LogP) is 1.87. The monoisotopic (exact) mass is 214 g/mol. The summed E-state index contributed by atoms with van der Waals surface area (Å²) in [6.45, 7) is 1.96. The summed E-state index contributed by atoms with van der Waals surface area (Å²) >= 11 is 3.84. The number of hydrogen-bond donors (Lipinski definition) is 2. The van der Waals surface area contributed by atoms with Crippen molar-refractivity contribution in [2.24, 2.45) is 0 Å². The minimum atomic E-state index is -0.767. The smallest absolute Gasteiger partial charge is 0.434 e. The number of thiol groups is 1. The molecule has 1 N–H and O–H groups in total. The Labute approximate surface area is 87.0 Å². The van der Waals surface area contributed by atoms with Crippen LogP contribution < -0.4 is 9.46 Å². The Kier molecular flexibility index (Phi) is 4.06. The van der Waals surface area contributed by atoms with Crippen molar-refractivity contribution in [2.75, 3.05) is 11.3 Å². The molecule has 14 heavy (non-hydrogen) atoms. The van der Waals surface area contributed by atoms with Gasteiger partial charge in [0.15, 0.2) is 0 Å². The van der Waals surface area contributed by atoms with Crippen LogP contribution in [0.15, 0.2) is 18.3 Å². The van der Waals surface area contributed by atoms with Gasteiger partial charge in [0.1, 0.15) is 0 Å². The van der Waals surface area contributed by atoms with Gasteiger partial charge in [0.05, 0.1) is 12.3 Å². The van der Waals surface area contributed by atoms with Gasteiger partial charge in [-0.2, -0.15) is 0 Å². The number of rotatable bonds is 3. The molecule has 0 aliphatic heterocycles. The van der Waals surface area contributed by atoms with E-state index in [4.69, 9.17) is 4.74 Å². The minimum absolute atomic E-state index is 0.169. The maximum absolute atomic E-state index is 10.9. The molecule has 0 bridgehead atoms. The van der Waals surface area contributed by atoms with Crippen LogP contribution in [0.1, 0.15) is 6.92 Å². The van der Waals surface area contributed by atoms with Crippen molar-refractivity contribution in [1.29, 1.82) is 0 Å². The maximum Gasteiger partial charge on any atom is 0.515 e. The number of carbonyl (C=O) groups excluding carboxylic acids is 1. The Bertz CT molecular complexity index is 319. The van der Waals surface area contributed by atoms with Gasteiger partial charge in [-0.25, -0.2) is 9.78 Å². The number of anilines is 1. The summed E-state index contributed by atoms with van der Waals surface area (Å²) in [7, 11) is 0. The average molecular weight is 214 g/mol. The lowest BCUT2D eigenvalue weighted by atomic mass is 10.4. The topological polar surface area (TPSA) is 60.5 Å². The number of aromatic nitrogens is 1. The third-order valence-corrected chi connectivity index (χ3v) is 1.57. The highest BCUT2D eigenvalue weighted by Gasteiger charge is 2.05. The lowest BCUT2D eigenvalue weighted by molar-refractivity contribution is 0.103. The van der Waals surface area contributed by atoms with Crippen molar-refractivity contribution in [1.82, 2.24) is 4.98 Å². The van der Waals surface area contributed by atoms with Crippen LogP contribution in [0.4, 0.5) is 10.5 Å². The fraction of sp³-hybridized carbons (Fsp3) is 0.250. The van der Waals surface area contributed by atoms with E-state index in [0.29, 0.717) is 5.69 Å². The van der Waals surface area contributed by atoms with Crippen LogP contribution in [-0.4, -0.2) is 17.7 Å². The second-order valence-electron chi connectivity index (χ2n) is 2.28. The van der Waals surface area contributed by atoms with Crippen molar-refractivity contribution in [3.8, 4) is 5.88 Å². The molecular weight excluding hydrogens is 204 g/mol. The zero-order valence-electron chi connectivity index (χ0n) is 7.56. The van der Waals surface area contributed by atoms with E-state index >= 15 is 0 Å². The molecule has 1 rings (SSSR count). The number of carbonyl (C=O) groups is 1. The van der Waals surface area contributed by atoms with E-state index in [1.165, 1.54) is 12.3 Å². The summed E-state index contributed by atoms with van der Waals surface area (Å²) < 4.78 is 11.9. The Morgan fingerprint density at radius 1 is 1.71 bits per heavy atom. The van der Waals surface area contributed by atoms with Gasteiger partial charge < -0.3 is 14.2 Å². The summed E-state index contributed by atoms with van der Waals surface area (Å²) in [5, 5.41) is 0. The molecule has 0 fully saturated rings. The molecule has 0 aliphatic carbocycles. The van der Waals surface area contributed by atoms with E-state index in [1.54, 1.807) is 13.0 Å². The fourth-order valence-corrected chi connectivity index (χ4v) is 0.907. The van der Waals surface area contributed by atoms with Crippen molar-refractivity contribution >= 4 is 24.7 Å². The standard InChI is InChI=1S/C8H10N2O3S/c1-2-12-8(11)13-7-5-6(10-14)3-4-9-7/h3-5,14H,2H2,1H3,(H,9,10). The molecule has 0 aromatic carbocycles. The highest BCUT2D eigenvalue weighted by atomic mass is 32.1. The van der Waals surface area contributed by atoms with Crippen LogP contribution in [0, 0.1) is 0 Å². The van der Waals surface area contributed by atoms with Gasteiger partial charge in [0.2, 0.25) is 5.88 Å². The first-order valence-electron chi connectivity index (χ1n) is 3.97. The first-order chi connectivity index (χ1) is 6.76. The number of pyridine rings is 1. The molecule has 0 unspecified atom stereocenters. The van der Waals surface area contributed by atoms with E-state index in [-0.39, 0.29) is 12.5 Å². The van der Waals surface area contributed by atoms with Gasteiger partial charge in [-0.05, 0) is 13.0 Å². The first kappa shape index (κ1) is 10.6. The molecule has 1 heterocycles. The second-order valence-corrected chi connectivity index (χ2v) is 2.50. The van der Waals surface area contributed by atoms with Crippen LogP contribution in [0.5, 0.6) is 5.88 Å². The number of nitrogens with one attached hydrogen (secondary N) is 1. The Hall–Kier alpha value is -1.43. The molecule has 0 saturated heterocycles. The summed E-state index contributed by atoms with van der Waals surface area (Å²) in [6.07, 6.45) is 0.726. The Balaban J connectivity index is 2.62. The molecule has 1 aromatic rings.